The number of aromatic nitrogens is 6. The van der Waals surface area contributed by atoms with Crippen LogP contribution in [0.1, 0.15) is 33.1 Å². The molecule has 1 saturated heterocycles. The normalized spacial score (nSPS) is 14.4. The summed E-state index contributed by atoms with van der Waals surface area (Å²) in [7, 11) is 0. The van der Waals surface area contributed by atoms with Crippen LogP contribution in [0.15, 0.2) is 48.9 Å². The van der Waals surface area contributed by atoms with Crippen LogP contribution in [0, 0.1) is 0 Å². The fourth-order valence-corrected chi connectivity index (χ4v) is 4.77. The molecule has 0 radical (unpaired) electrons. The number of hydrogen-bond donors (Lipinski definition) is 3. The Balaban J connectivity index is 1.41. The number of benzene rings is 1. The van der Waals surface area contributed by atoms with Crippen LogP contribution in [-0.4, -0.2) is 49.3 Å². The van der Waals surface area contributed by atoms with Crippen molar-refractivity contribution < 1.29 is 0 Å². The predicted molar refractivity (Wildman–Crippen MR) is 137 cm³/mol. The van der Waals surface area contributed by atoms with Crippen molar-refractivity contribution in [2.24, 2.45) is 0 Å². The van der Waals surface area contributed by atoms with Gasteiger partial charge in [-0.25, -0.2) is 4.98 Å². The van der Waals surface area contributed by atoms with Crippen molar-refractivity contribution >= 4 is 33.3 Å². The Hall–Kier alpha value is -3.94. The lowest BCUT2D eigenvalue weighted by Crippen LogP contribution is -2.29. The number of rotatable bonds is 5. The van der Waals surface area contributed by atoms with Gasteiger partial charge in [0.25, 0.3) is 0 Å². The second kappa shape index (κ2) is 8.44. The smallest absolute Gasteiger partial charge is 0.159 e. The first-order valence-electron chi connectivity index (χ1n) is 12.0. The van der Waals surface area contributed by atoms with Crippen molar-refractivity contribution in [2.75, 3.05) is 23.3 Å². The molecule has 1 aromatic carbocycles. The third-order valence-electron chi connectivity index (χ3n) is 6.35. The predicted octanol–water partition coefficient (Wildman–Crippen LogP) is 5.37. The van der Waals surface area contributed by atoms with Gasteiger partial charge in [-0.05, 0) is 57.4 Å². The van der Waals surface area contributed by atoms with E-state index in [1.807, 2.05) is 18.6 Å². The van der Waals surface area contributed by atoms with Crippen molar-refractivity contribution in [1.29, 1.82) is 0 Å². The lowest BCUT2D eigenvalue weighted by Gasteiger charge is -2.28. The van der Waals surface area contributed by atoms with Crippen LogP contribution in [0.2, 0.25) is 0 Å². The number of pyridine rings is 2. The van der Waals surface area contributed by atoms with E-state index in [2.05, 4.69) is 79.5 Å². The first-order chi connectivity index (χ1) is 16.7. The van der Waals surface area contributed by atoms with Gasteiger partial charge in [-0.15, -0.1) is 0 Å². The molecule has 1 aliphatic rings. The second-order valence-electron chi connectivity index (χ2n) is 9.26. The van der Waals surface area contributed by atoms with Crippen LogP contribution in [0.5, 0.6) is 0 Å². The number of nitrogens with zero attached hydrogens (tertiary/aromatic N) is 5. The van der Waals surface area contributed by atoms with E-state index in [1.54, 1.807) is 0 Å². The minimum absolute atomic E-state index is 0.330. The molecule has 8 nitrogen and oxygen atoms in total. The highest BCUT2D eigenvalue weighted by Gasteiger charge is 2.19. The topological polar surface area (TPSA) is 98.4 Å². The Morgan fingerprint density at radius 1 is 1.00 bits per heavy atom. The van der Waals surface area contributed by atoms with E-state index < -0.39 is 0 Å². The van der Waals surface area contributed by atoms with Crippen LogP contribution in [-0.2, 0) is 0 Å². The Bertz CT molecular complexity index is 1460. The Labute approximate surface area is 197 Å². The van der Waals surface area contributed by atoms with Crippen molar-refractivity contribution in [2.45, 2.75) is 39.2 Å². The SMILES string of the molecule is CC(C)Nc1cncc(-c2cc3c(-c4nc5c(N6CCCCC6)cccc5[nH]4)n[nH]c3cn2)c1. The minimum Gasteiger partial charge on any atom is -0.382 e. The van der Waals surface area contributed by atoms with E-state index in [1.165, 1.54) is 24.9 Å². The summed E-state index contributed by atoms with van der Waals surface area (Å²) in [4.78, 5) is 20.0. The standard InChI is InChI=1S/C26H28N8/c1-16(2)29-18-11-17(13-27-14-18)21-12-19-22(15-28-21)32-33-24(19)26-30-20-7-6-8-23(25(20)31-26)34-9-4-3-5-10-34/h6-8,11-16,29H,3-5,9-10H2,1-2H3,(H,30,31)(H,32,33). The van der Waals surface area contributed by atoms with Gasteiger partial charge in [0.1, 0.15) is 11.2 Å². The third-order valence-corrected chi connectivity index (χ3v) is 6.35. The molecule has 1 aliphatic heterocycles. The number of nitrogens with one attached hydrogen (secondary N) is 3. The highest BCUT2D eigenvalue weighted by Crippen LogP contribution is 2.33. The van der Waals surface area contributed by atoms with Crippen molar-refractivity contribution in [3.63, 3.8) is 0 Å². The molecule has 0 spiro atoms. The van der Waals surface area contributed by atoms with E-state index >= 15 is 0 Å². The van der Waals surface area contributed by atoms with E-state index in [4.69, 9.17) is 4.98 Å². The summed E-state index contributed by atoms with van der Waals surface area (Å²) in [5.74, 6) is 0.760. The molecule has 0 saturated carbocycles. The molecule has 34 heavy (non-hydrogen) atoms. The maximum Gasteiger partial charge on any atom is 0.159 e. The van der Waals surface area contributed by atoms with Crippen molar-refractivity contribution in [3.05, 3.63) is 48.9 Å². The average Bonchev–Trinajstić information content (AvgIpc) is 3.48. The molecule has 5 heterocycles. The highest BCUT2D eigenvalue weighted by atomic mass is 15.2. The van der Waals surface area contributed by atoms with Gasteiger partial charge in [-0.1, -0.05) is 6.07 Å². The molecule has 0 bridgehead atoms. The summed E-state index contributed by atoms with van der Waals surface area (Å²) in [6.45, 7) is 6.39. The maximum atomic E-state index is 5.01. The molecule has 8 heteroatoms. The van der Waals surface area contributed by atoms with Gasteiger partial charge >= 0.3 is 0 Å². The molecule has 0 atom stereocenters. The molecule has 3 N–H and O–H groups in total. The van der Waals surface area contributed by atoms with E-state index in [9.17, 15) is 0 Å². The number of hydrogen-bond acceptors (Lipinski definition) is 6. The number of anilines is 2. The number of fused-ring (bicyclic) bond motifs is 2. The van der Waals surface area contributed by atoms with Gasteiger partial charge in [-0.3, -0.25) is 15.1 Å². The monoisotopic (exact) mass is 452 g/mol. The summed E-state index contributed by atoms with van der Waals surface area (Å²) in [6, 6.07) is 10.8. The van der Waals surface area contributed by atoms with Gasteiger partial charge in [-0.2, -0.15) is 5.10 Å². The second-order valence-corrected chi connectivity index (χ2v) is 9.26. The summed E-state index contributed by atoms with van der Waals surface area (Å²) >= 11 is 0. The third kappa shape index (κ3) is 3.75. The van der Waals surface area contributed by atoms with Gasteiger partial charge in [0.2, 0.25) is 0 Å². The largest absolute Gasteiger partial charge is 0.382 e. The molecule has 5 aromatic rings. The first-order valence-corrected chi connectivity index (χ1v) is 12.0. The van der Waals surface area contributed by atoms with Crippen LogP contribution in [0.4, 0.5) is 11.4 Å². The van der Waals surface area contributed by atoms with Crippen molar-refractivity contribution in [1.82, 2.24) is 30.1 Å². The number of H-pyrrole nitrogens is 2. The van der Waals surface area contributed by atoms with Crippen LogP contribution >= 0.6 is 0 Å². The van der Waals surface area contributed by atoms with Crippen LogP contribution < -0.4 is 10.2 Å². The van der Waals surface area contributed by atoms with Gasteiger partial charge in [0, 0.05) is 42.5 Å². The molecular formula is C26H28N8. The van der Waals surface area contributed by atoms with Crippen molar-refractivity contribution in [3.8, 4) is 22.8 Å². The Morgan fingerprint density at radius 2 is 1.88 bits per heavy atom. The summed E-state index contributed by atoms with van der Waals surface area (Å²) in [5, 5.41) is 12.1. The lowest BCUT2D eigenvalue weighted by molar-refractivity contribution is 0.579. The number of para-hydroxylation sites is 1. The summed E-state index contributed by atoms with van der Waals surface area (Å²) < 4.78 is 0. The molecule has 172 valence electrons. The molecule has 4 aromatic heterocycles. The summed E-state index contributed by atoms with van der Waals surface area (Å²) in [5.41, 5.74) is 7.68. The lowest BCUT2D eigenvalue weighted by atomic mass is 10.1. The van der Waals surface area contributed by atoms with E-state index in [0.717, 1.165) is 63.5 Å². The number of imidazole rings is 1. The molecule has 0 aliphatic carbocycles. The van der Waals surface area contributed by atoms with E-state index in [0.29, 0.717) is 6.04 Å². The highest BCUT2D eigenvalue weighted by molar-refractivity contribution is 5.96. The molecule has 6 rings (SSSR count). The molecule has 0 unspecified atom stereocenters. The minimum atomic E-state index is 0.330. The number of aromatic amines is 2. The first kappa shape index (κ1) is 20.7. The molecule has 1 fully saturated rings. The van der Waals surface area contributed by atoms with Crippen LogP contribution in [0.3, 0.4) is 0 Å². The molecular weight excluding hydrogens is 424 g/mol. The van der Waals surface area contributed by atoms with Crippen LogP contribution in [0.25, 0.3) is 44.7 Å². The van der Waals surface area contributed by atoms with Gasteiger partial charge < -0.3 is 15.2 Å². The Morgan fingerprint density at radius 3 is 2.74 bits per heavy atom. The zero-order chi connectivity index (χ0) is 23.1. The fraction of sp³-hybridized carbons (Fsp3) is 0.308. The summed E-state index contributed by atoms with van der Waals surface area (Å²) in [6.07, 6.45) is 9.27. The zero-order valence-electron chi connectivity index (χ0n) is 19.5. The zero-order valence-corrected chi connectivity index (χ0v) is 19.5. The average molecular weight is 453 g/mol. The van der Waals surface area contributed by atoms with E-state index in [-0.39, 0.29) is 0 Å². The Kier molecular flexibility index (Phi) is 5.13. The fourth-order valence-electron chi connectivity index (χ4n) is 4.77. The van der Waals surface area contributed by atoms with Gasteiger partial charge in [0.15, 0.2) is 5.82 Å². The quantitative estimate of drug-likeness (QED) is 0.331. The van der Waals surface area contributed by atoms with Gasteiger partial charge in [0.05, 0.1) is 34.3 Å². The maximum absolute atomic E-state index is 5.01. The molecule has 0 amide bonds. The number of piperidine rings is 1.